The first kappa shape index (κ1) is 19.9. The standard InChI is InChI=1S/C19H22ClN5O3/c1-28-18-7-6-14(12-21-18)22-19(27)25-10-8-24(9-11-25)13-17(26)23-16-5-3-2-4-15(16)20/h2-7,12H,8-11,13H2,1H3,(H,22,27)(H,23,26). The van der Waals surface area contributed by atoms with E-state index >= 15 is 0 Å². The molecule has 1 aliphatic heterocycles. The smallest absolute Gasteiger partial charge is 0.321 e. The lowest BCUT2D eigenvalue weighted by molar-refractivity contribution is -0.117. The van der Waals surface area contributed by atoms with Gasteiger partial charge in [-0.2, -0.15) is 0 Å². The number of rotatable bonds is 5. The average Bonchev–Trinajstić information content (AvgIpc) is 2.71. The number of piperazine rings is 1. The van der Waals surface area contributed by atoms with Gasteiger partial charge >= 0.3 is 6.03 Å². The number of ether oxygens (including phenoxy) is 1. The van der Waals surface area contributed by atoms with E-state index in [1.165, 1.54) is 7.11 Å². The molecule has 8 nitrogen and oxygen atoms in total. The van der Waals surface area contributed by atoms with E-state index in [2.05, 4.69) is 15.6 Å². The molecule has 0 saturated carbocycles. The van der Waals surface area contributed by atoms with Crippen LogP contribution in [0, 0.1) is 0 Å². The second kappa shape index (κ2) is 9.38. The highest BCUT2D eigenvalue weighted by Gasteiger charge is 2.22. The van der Waals surface area contributed by atoms with Crippen molar-refractivity contribution in [3.63, 3.8) is 0 Å². The molecule has 148 valence electrons. The summed E-state index contributed by atoms with van der Waals surface area (Å²) in [6, 6.07) is 10.3. The summed E-state index contributed by atoms with van der Waals surface area (Å²) in [5.41, 5.74) is 1.20. The maximum Gasteiger partial charge on any atom is 0.321 e. The molecule has 9 heteroatoms. The van der Waals surface area contributed by atoms with Crippen molar-refractivity contribution < 1.29 is 14.3 Å². The molecular formula is C19H22ClN5O3. The second-order valence-corrected chi connectivity index (χ2v) is 6.72. The van der Waals surface area contributed by atoms with Gasteiger partial charge in [0.2, 0.25) is 11.8 Å². The molecule has 0 spiro atoms. The van der Waals surface area contributed by atoms with Gasteiger partial charge in [-0.3, -0.25) is 9.69 Å². The van der Waals surface area contributed by atoms with E-state index in [4.69, 9.17) is 16.3 Å². The maximum atomic E-state index is 12.4. The molecule has 0 radical (unpaired) electrons. The van der Waals surface area contributed by atoms with Gasteiger partial charge in [0.05, 0.1) is 36.2 Å². The normalized spacial score (nSPS) is 14.4. The van der Waals surface area contributed by atoms with Gasteiger partial charge in [-0.15, -0.1) is 0 Å². The van der Waals surface area contributed by atoms with Crippen molar-refractivity contribution in [2.24, 2.45) is 0 Å². The van der Waals surface area contributed by atoms with Crippen molar-refractivity contribution in [3.05, 3.63) is 47.6 Å². The number of methoxy groups -OCH3 is 1. The Morgan fingerprint density at radius 2 is 1.86 bits per heavy atom. The number of nitrogens with one attached hydrogen (secondary N) is 2. The average molecular weight is 404 g/mol. The van der Waals surface area contributed by atoms with Gasteiger partial charge in [-0.05, 0) is 18.2 Å². The van der Waals surface area contributed by atoms with Crippen LogP contribution in [0.3, 0.4) is 0 Å². The Bertz CT molecular complexity index is 823. The van der Waals surface area contributed by atoms with Gasteiger partial charge in [0.25, 0.3) is 0 Å². The zero-order valence-electron chi connectivity index (χ0n) is 15.5. The Morgan fingerprint density at radius 3 is 2.50 bits per heavy atom. The molecule has 0 unspecified atom stereocenters. The fraction of sp³-hybridized carbons (Fsp3) is 0.316. The number of halogens is 1. The van der Waals surface area contributed by atoms with Crippen LogP contribution in [0.4, 0.5) is 16.2 Å². The van der Waals surface area contributed by atoms with Crippen molar-refractivity contribution in [1.29, 1.82) is 0 Å². The third-order valence-corrected chi connectivity index (χ3v) is 4.70. The fourth-order valence-electron chi connectivity index (χ4n) is 2.84. The minimum atomic E-state index is -0.188. The van der Waals surface area contributed by atoms with E-state index in [0.29, 0.717) is 48.5 Å². The van der Waals surface area contributed by atoms with Crippen LogP contribution in [0.25, 0.3) is 0 Å². The van der Waals surface area contributed by atoms with E-state index in [9.17, 15) is 9.59 Å². The molecule has 1 aromatic carbocycles. The van der Waals surface area contributed by atoms with Crippen LogP contribution in [-0.4, -0.2) is 66.6 Å². The van der Waals surface area contributed by atoms with Crippen molar-refractivity contribution in [1.82, 2.24) is 14.8 Å². The monoisotopic (exact) mass is 403 g/mol. The number of anilines is 2. The zero-order valence-corrected chi connectivity index (χ0v) is 16.3. The predicted molar refractivity (Wildman–Crippen MR) is 108 cm³/mol. The number of hydrogen-bond acceptors (Lipinski definition) is 5. The minimum Gasteiger partial charge on any atom is -0.481 e. The van der Waals surface area contributed by atoms with Crippen LogP contribution in [0.2, 0.25) is 5.02 Å². The van der Waals surface area contributed by atoms with Gasteiger partial charge in [0, 0.05) is 32.2 Å². The fourth-order valence-corrected chi connectivity index (χ4v) is 3.02. The highest BCUT2D eigenvalue weighted by Crippen LogP contribution is 2.20. The predicted octanol–water partition coefficient (Wildman–Crippen LogP) is 2.53. The summed E-state index contributed by atoms with van der Waals surface area (Å²) in [4.78, 5) is 32.4. The number of amides is 3. The SMILES string of the molecule is COc1ccc(NC(=O)N2CCN(CC(=O)Nc3ccccc3Cl)CC2)cn1. The Morgan fingerprint density at radius 1 is 1.11 bits per heavy atom. The van der Waals surface area contributed by atoms with Crippen LogP contribution in [0.5, 0.6) is 5.88 Å². The maximum absolute atomic E-state index is 12.4. The van der Waals surface area contributed by atoms with E-state index in [-0.39, 0.29) is 18.5 Å². The van der Waals surface area contributed by atoms with Crippen molar-refractivity contribution in [3.8, 4) is 5.88 Å². The molecule has 0 bridgehead atoms. The number of urea groups is 1. The number of benzene rings is 1. The first-order chi connectivity index (χ1) is 13.5. The molecule has 2 heterocycles. The Balaban J connectivity index is 1.44. The molecule has 1 fully saturated rings. The summed E-state index contributed by atoms with van der Waals surface area (Å²) in [7, 11) is 1.54. The summed E-state index contributed by atoms with van der Waals surface area (Å²) in [6.07, 6.45) is 1.55. The van der Waals surface area contributed by atoms with E-state index in [1.807, 2.05) is 17.0 Å². The molecule has 2 aromatic rings. The van der Waals surface area contributed by atoms with Crippen molar-refractivity contribution >= 4 is 34.9 Å². The van der Waals surface area contributed by atoms with Crippen LogP contribution < -0.4 is 15.4 Å². The molecule has 1 aliphatic rings. The van der Waals surface area contributed by atoms with E-state index < -0.39 is 0 Å². The zero-order chi connectivity index (χ0) is 19.9. The molecule has 3 amide bonds. The highest BCUT2D eigenvalue weighted by molar-refractivity contribution is 6.33. The molecule has 3 rings (SSSR count). The van der Waals surface area contributed by atoms with Crippen LogP contribution in [0.15, 0.2) is 42.6 Å². The summed E-state index contributed by atoms with van der Waals surface area (Å²) in [6.45, 7) is 2.56. The van der Waals surface area contributed by atoms with Crippen LogP contribution in [-0.2, 0) is 4.79 Å². The topological polar surface area (TPSA) is 86.8 Å². The van der Waals surface area contributed by atoms with E-state index in [0.717, 1.165) is 0 Å². The number of carbonyl (C=O) groups excluding carboxylic acids is 2. The van der Waals surface area contributed by atoms with Gasteiger partial charge < -0.3 is 20.3 Å². The summed E-state index contributed by atoms with van der Waals surface area (Å²) in [5.74, 6) is 0.358. The Hall–Kier alpha value is -2.84. The molecule has 2 N–H and O–H groups in total. The largest absolute Gasteiger partial charge is 0.481 e. The third kappa shape index (κ3) is 5.34. The van der Waals surface area contributed by atoms with Crippen LogP contribution in [0.1, 0.15) is 0 Å². The summed E-state index contributed by atoms with van der Waals surface area (Å²) < 4.78 is 5.00. The highest BCUT2D eigenvalue weighted by atomic mass is 35.5. The molecule has 28 heavy (non-hydrogen) atoms. The number of carbonyl (C=O) groups is 2. The minimum absolute atomic E-state index is 0.129. The van der Waals surface area contributed by atoms with Crippen molar-refractivity contribution in [2.45, 2.75) is 0 Å². The first-order valence-electron chi connectivity index (χ1n) is 8.88. The second-order valence-electron chi connectivity index (χ2n) is 6.31. The van der Waals surface area contributed by atoms with Gasteiger partial charge in [-0.1, -0.05) is 23.7 Å². The lowest BCUT2D eigenvalue weighted by Gasteiger charge is -2.34. The summed E-state index contributed by atoms with van der Waals surface area (Å²) >= 11 is 6.06. The number of hydrogen-bond donors (Lipinski definition) is 2. The third-order valence-electron chi connectivity index (χ3n) is 4.37. The number of pyridine rings is 1. The Labute approximate surface area is 168 Å². The quantitative estimate of drug-likeness (QED) is 0.801. The first-order valence-corrected chi connectivity index (χ1v) is 9.25. The number of nitrogens with zero attached hydrogens (tertiary/aromatic N) is 3. The number of para-hydroxylation sites is 1. The van der Waals surface area contributed by atoms with Crippen LogP contribution >= 0.6 is 11.6 Å². The van der Waals surface area contributed by atoms with Gasteiger partial charge in [-0.25, -0.2) is 9.78 Å². The van der Waals surface area contributed by atoms with Gasteiger partial charge in [0.1, 0.15) is 0 Å². The Kier molecular flexibility index (Phi) is 6.67. The molecular weight excluding hydrogens is 382 g/mol. The van der Waals surface area contributed by atoms with Crippen molar-refractivity contribution in [2.75, 3.05) is 50.5 Å². The molecule has 1 saturated heterocycles. The lowest BCUT2D eigenvalue weighted by Crippen LogP contribution is -2.51. The molecule has 0 aliphatic carbocycles. The lowest BCUT2D eigenvalue weighted by atomic mass is 10.3. The summed E-state index contributed by atoms with van der Waals surface area (Å²) in [5, 5.41) is 6.13. The molecule has 1 aromatic heterocycles. The number of aromatic nitrogens is 1. The van der Waals surface area contributed by atoms with E-state index in [1.54, 1.807) is 35.4 Å². The molecule has 0 atom stereocenters. The van der Waals surface area contributed by atoms with Gasteiger partial charge in [0.15, 0.2) is 0 Å².